The van der Waals surface area contributed by atoms with Crippen molar-refractivity contribution >= 4 is 27.7 Å². The highest BCUT2D eigenvalue weighted by Crippen LogP contribution is 2.31. The van der Waals surface area contributed by atoms with Crippen molar-refractivity contribution < 1.29 is 21.5 Å². The zero-order chi connectivity index (χ0) is 15.8. The van der Waals surface area contributed by atoms with E-state index in [9.17, 15) is 0 Å². The lowest BCUT2D eigenvalue weighted by atomic mass is 10.1. The number of aryl methyl sites for hydroxylation is 2. The Balaban J connectivity index is 0.00000169. The minimum atomic E-state index is 0. The quantitative estimate of drug-likeness (QED) is 0.526. The third kappa shape index (κ3) is 3.35. The number of halogens is 2. The van der Waals surface area contributed by atoms with Crippen molar-refractivity contribution in [3.05, 3.63) is 64.8 Å². The van der Waals surface area contributed by atoms with Crippen LogP contribution in [0.15, 0.2) is 64.4 Å². The van der Waals surface area contributed by atoms with Crippen molar-refractivity contribution in [2.24, 2.45) is 0 Å². The number of thioether (sulfide) groups is 1. The summed E-state index contributed by atoms with van der Waals surface area (Å²) in [5, 5.41) is 1.33. The molecule has 0 fully saturated rings. The van der Waals surface area contributed by atoms with Crippen LogP contribution in [0.3, 0.4) is 0 Å². The first kappa shape index (κ1) is 17.8. The van der Waals surface area contributed by atoms with Crippen molar-refractivity contribution in [2.45, 2.75) is 25.0 Å². The molecular weight excluding hydrogens is 448 g/mol. The molecule has 0 amide bonds. The number of rotatable bonds is 2. The van der Waals surface area contributed by atoms with Gasteiger partial charge in [0.1, 0.15) is 11.9 Å². The lowest BCUT2D eigenvalue weighted by Crippen LogP contribution is -3.00. The molecule has 2 nitrogen and oxygen atoms in total. The van der Waals surface area contributed by atoms with Gasteiger partial charge in [-0.1, -0.05) is 45.8 Å². The van der Waals surface area contributed by atoms with E-state index in [-0.39, 0.29) is 17.0 Å². The maximum atomic E-state index is 3.54. The zero-order valence-electron chi connectivity index (χ0n) is 13.4. The Bertz CT molecular complexity index is 839. The molecule has 124 valence electrons. The monoisotopic (exact) mass is 464 g/mol. The van der Waals surface area contributed by atoms with E-state index in [0.29, 0.717) is 0 Å². The third-order valence-electron chi connectivity index (χ3n) is 4.16. The first-order chi connectivity index (χ1) is 11.2. The summed E-state index contributed by atoms with van der Waals surface area (Å²) in [4.78, 5) is 0. The van der Waals surface area contributed by atoms with Crippen molar-refractivity contribution in [2.75, 3.05) is 5.75 Å². The Morgan fingerprint density at radius 2 is 1.75 bits per heavy atom. The fourth-order valence-electron chi connectivity index (χ4n) is 2.97. The van der Waals surface area contributed by atoms with Gasteiger partial charge in [-0.05, 0) is 49.4 Å². The van der Waals surface area contributed by atoms with E-state index in [1.54, 1.807) is 0 Å². The molecular formula is C19H18Br2N2S. The van der Waals surface area contributed by atoms with E-state index in [1.165, 1.54) is 39.8 Å². The molecule has 0 radical (unpaired) electrons. The van der Waals surface area contributed by atoms with Crippen LogP contribution >= 0.6 is 27.7 Å². The average molecular weight is 466 g/mol. The molecule has 24 heavy (non-hydrogen) atoms. The van der Waals surface area contributed by atoms with Crippen LogP contribution in [0, 0.1) is 6.92 Å². The molecule has 0 unspecified atom stereocenters. The van der Waals surface area contributed by atoms with Gasteiger partial charge in [0.2, 0.25) is 0 Å². The molecule has 0 N–H and O–H groups in total. The maximum Gasteiger partial charge on any atom is 0.323 e. The Morgan fingerprint density at radius 3 is 2.46 bits per heavy atom. The smallest absolute Gasteiger partial charge is 0.323 e. The fraction of sp³-hybridized carbons (Fsp3) is 0.211. The summed E-state index contributed by atoms with van der Waals surface area (Å²) >= 11 is 5.48. The summed E-state index contributed by atoms with van der Waals surface area (Å²) < 4.78 is 5.89. The summed E-state index contributed by atoms with van der Waals surface area (Å²) in [5.41, 5.74) is 5.03. The van der Waals surface area contributed by atoms with Crippen LogP contribution in [0.1, 0.15) is 12.0 Å². The molecule has 0 bridgehead atoms. The van der Waals surface area contributed by atoms with E-state index in [0.717, 1.165) is 11.0 Å². The first-order valence-electron chi connectivity index (χ1n) is 7.83. The number of hydrogen-bond acceptors (Lipinski definition) is 1. The van der Waals surface area contributed by atoms with Crippen LogP contribution in [-0.2, 0) is 6.54 Å². The van der Waals surface area contributed by atoms with Gasteiger partial charge in [-0.25, -0.2) is 4.57 Å². The topological polar surface area (TPSA) is 8.81 Å². The summed E-state index contributed by atoms with van der Waals surface area (Å²) in [6.45, 7) is 3.23. The second-order valence-corrected chi connectivity index (χ2v) is 7.85. The molecule has 2 heterocycles. The van der Waals surface area contributed by atoms with Gasteiger partial charge in [0.15, 0.2) is 5.69 Å². The summed E-state index contributed by atoms with van der Waals surface area (Å²) in [6.07, 6.45) is 3.54. The lowest BCUT2D eigenvalue weighted by Gasteiger charge is -2.09. The van der Waals surface area contributed by atoms with E-state index in [4.69, 9.17) is 0 Å². The van der Waals surface area contributed by atoms with Crippen LogP contribution in [-0.4, -0.2) is 10.3 Å². The number of imidazole rings is 1. The van der Waals surface area contributed by atoms with Gasteiger partial charge in [0, 0.05) is 15.8 Å². The van der Waals surface area contributed by atoms with Gasteiger partial charge >= 0.3 is 5.16 Å². The Labute approximate surface area is 165 Å². The normalized spacial score (nSPS) is 13.2. The average Bonchev–Trinajstić information content (AvgIpc) is 2.96. The second-order valence-electron chi connectivity index (χ2n) is 5.87. The maximum absolute atomic E-state index is 3.54. The van der Waals surface area contributed by atoms with E-state index >= 15 is 0 Å². The van der Waals surface area contributed by atoms with Crippen LogP contribution in [0.2, 0.25) is 0 Å². The Hall–Kier alpha value is -1.04. The highest BCUT2D eigenvalue weighted by molar-refractivity contribution is 9.10. The minimum Gasteiger partial charge on any atom is -1.00 e. The molecule has 0 saturated heterocycles. The number of hydrogen-bond donors (Lipinski definition) is 0. The molecule has 4 rings (SSSR count). The van der Waals surface area contributed by atoms with E-state index < -0.39 is 0 Å². The largest absolute Gasteiger partial charge is 1.00 e. The van der Waals surface area contributed by atoms with Gasteiger partial charge in [0.05, 0.1) is 6.54 Å². The molecule has 0 saturated carbocycles. The number of nitrogens with zero attached hydrogens (tertiary/aromatic N) is 2. The lowest BCUT2D eigenvalue weighted by molar-refractivity contribution is -0.734. The summed E-state index contributed by atoms with van der Waals surface area (Å²) in [5.74, 6) is 1.19. The highest BCUT2D eigenvalue weighted by atomic mass is 79.9. The molecule has 2 aromatic carbocycles. The summed E-state index contributed by atoms with van der Waals surface area (Å²) in [7, 11) is 0. The van der Waals surface area contributed by atoms with Gasteiger partial charge in [0.25, 0.3) is 0 Å². The number of benzene rings is 2. The molecule has 0 spiro atoms. The van der Waals surface area contributed by atoms with Crippen LogP contribution in [0.5, 0.6) is 0 Å². The Morgan fingerprint density at radius 1 is 1.04 bits per heavy atom. The molecule has 0 atom stereocenters. The van der Waals surface area contributed by atoms with Gasteiger partial charge < -0.3 is 17.0 Å². The predicted octanol–water partition coefficient (Wildman–Crippen LogP) is 2.00. The molecule has 5 heteroatoms. The molecule has 1 aromatic heterocycles. The second kappa shape index (κ2) is 7.46. The molecule has 1 aliphatic rings. The van der Waals surface area contributed by atoms with Gasteiger partial charge in [-0.15, -0.1) is 0 Å². The zero-order valence-corrected chi connectivity index (χ0v) is 17.4. The van der Waals surface area contributed by atoms with Crippen LogP contribution in [0.4, 0.5) is 0 Å². The fourth-order valence-corrected chi connectivity index (χ4v) is 4.33. The predicted molar refractivity (Wildman–Crippen MR) is 99.2 cm³/mol. The van der Waals surface area contributed by atoms with Crippen LogP contribution < -0.4 is 21.5 Å². The van der Waals surface area contributed by atoms with Crippen molar-refractivity contribution in [1.82, 2.24) is 4.57 Å². The van der Waals surface area contributed by atoms with E-state index in [1.807, 2.05) is 11.8 Å². The standard InChI is InChI=1S/C19H18BrN2S.BrH/c1-14-3-5-15(6-4-14)18-13-21-11-2-12-23-19(21)22(18)17-9-7-16(20)8-10-17;/h3-10,13H,2,11-12H2,1H3;1H/q+1;/p-1. The highest BCUT2D eigenvalue weighted by Gasteiger charge is 2.28. The van der Waals surface area contributed by atoms with E-state index in [2.05, 4.69) is 86.7 Å². The van der Waals surface area contributed by atoms with Crippen molar-refractivity contribution in [3.63, 3.8) is 0 Å². The van der Waals surface area contributed by atoms with Crippen molar-refractivity contribution in [1.29, 1.82) is 0 Å². The van der Waals surface area contributed by atoms with Crippen molar-refractivity contribution in [3.8, 4) is 16.9 Å². The summed E-state index contributed by atoms with van der Waals surface area (Å²) in [6, 6.07) is 17.4. The number of aromatic nitrogens is 2. The molecule has 0 aliphatic carbocycles. The third-order valence-corrected chi connectivity index (χ3v) is 5.86. The minimum absolute atomic E-state index is 0. The SMILES string of the molecule is Cc1ccc(-c2c[n+]3c(n2-c2ccc(Br)cc2)SCCC3)cc1.[Br-]. The molecule has 3 aromatic rings. The van der Waals surface area contributed by atoms with Crippen LogP contribution in [0.25, 0.3) is 16.9 Å². The van der Waals surface area contributed by atoms with Gasteiger partial charge in [-0.3, -0.25) is 0 Å². The number of fused-ring (bicyclic) bond motifs is 1. The Kier molecular flexibility index (Phi) is 5.52. The first-order valence-corrected chi connectivity index (χ1v) is 9.61. The van der Waals surface area contributed by atoms with Gasteiger partial charge in [-0.2, -0.15) is 4.57 Å². The molecule has 1 aliphatic heterocycles.